The molecule has 0 heterocycles. The topological polar surface area (TPSA) is 267 Å². The summed E-state index contributed by atoms with van der Waals surface area (Å²) in [6.07, 6.45) is 3.80. The molecule has 0 aliphatic heterocycles. The van der Waals surface area contributed by atoms with Gasteiger partial charge in [0.05, 0.1) is 6.04 Å². The van der Waals surface area contributed by atoms with Crippen molar-refractivity contribution in [3.8, 4) is 0 Å². The molecule has 14 nitrogen and oxygen atoms in total. The summed E-state index contributed by atoms with van der Waals surface area (Å²) in [5.74, 6) is -3.37. The molecule has 0 saturated heterocycles. The van der Waals surface area contributed by atoms with Crippen molar-refractivity contribution in [3.05, 3.63) is 0 Å². The Hall–Kier alpha value is -2.97. The Bertz CT molecular complexity index is 744. The zero-order valence-electron chi connectivity index (χ0n) is 22.1. The van der Waals surface area contributed by atoms with Crippen molar-refractivity contribution in [1.29, 1.82) is 0 Å². The molecular weight excluding hydrogens is 482 g/mol. The maximum Gasteiger partial charge on any atom is 0.326 e. The van der Waals surface area contributed by atoms with Crippen molar-refractivity contribution < 1.29 is 24.3 Å². The van der Waals surface area contributed by atoms with Crippen molar-refractivity contribution >= 4 is 29.7 Å². The highest BCUT2D eigenvalue weighted by Gasteiger charge is 2.31. The van der Waals surface area contributed by atoms with Crippen molar-refractivity contribution in [1.82, 2.24) is 16.0 Å². The van der Waals surface area contributed by atoms with E-state index in [4.69, 9.17) is 28.7 Å². The third-order valence-electron chi connectivity index (χ3n) is 5.69. The number of rotatable bonds is 20. The van der Waals surface area contributed by atoms with Crippen LogP contribution in [0.5, 0.6) is 0 Å². The third-order valence-corrected chi connectivity index (χ3v) is 5.69. The summed E-state index contributed by atoms with van der Waals surface area (Å²) in [6.45, 7) is 4.57. The van der Waals surface area contributed by atoms with Crippen molar-refractivity contribution in [2.45, 2.75) is 89.4 Å². The molecule has 0 aromatic heterocycles. The Balaban J connectivity index is 5.34. The molecule has 0 bridgehead atoms. The van der Waals surface area contributed by atoms with Crippen molar-refractivity contribution in [3.63, 3.8) is 0 Å². The first-order valence-corrected chi connectivity index (χ1v) is 12.8. The van der Waals surface area contributed by atoms with E-state index in [1.165, 1.54) is 0 Å². The number of hydrogen-bond acceptors (Lipinski definition) is 8. The van der Waals surface area contributed by atoms with Gasteiger partial charge in [-0.2, -0.15) is 0 Å². The van der Waals surface area contributed by atoms with E-state index >= 15 is 0 Å². The Morgan fingerprint density at radius 2 is 1.30 bits per heavy atom. The van der Waals surface area contributed by atoms with Crippen LogP contribution in [0.15, 0.2) is 4.99 Å². The lowest BCUT2D eigenvalue weighted by Crippen LogP contribution is -2.58. The molecule has 4 atom stereocenters. The maximum atomic E-state index is 13.1. The number of carboxylic acid groups (broad SMARTS) is 1. The van der Waals surface area contributed by atoms with Gasteiger partial charge >= 0.3 is 5.97 Å². The molecule has 0 saturated carbocycles. The van der Waals surface area contributed by atoms with Crippen LogP contribution < -0.4 is 44.6 Å². The molecule has 214 valence electrons. The molecule has 4 unspecified atom stereocenters. The molecule has 0 radical (unpaired) electrons. The number of nitrogens with one attached hydrogen (secondary N) is 3. The minimum atomic E-state index is -1.22. The maximum absolute atomic E-state index is 13.1. The largest absolute Gasteiger partial charge is 0.480 e. The average molecular weight is 530 g/mol. The van der Waals surface area contributed by atoms with E-state index in [0.29, 0.717) is 51.6 Å². The SMILES string of the molecule is CC(C)C(NC(=O)C(CCCCN)NC(=O)C(N)CCCCN)C(=O)NC(CCCN=C(N)N)C(=O)O. The summed E-state index contributed by atoms with van der Waals surface area (Å²) < 4.78 is 0. The monoisotopic (exact) mass is 529 g/mol. The van der Waals surface area contributed by atoms with Crippen LogP contribution in [0.2, 0.25) is 0 Å². The lowest BCUT2D eigenvalue weighted by Gasteiger charge is -2.27. The summed E-state index contributed by atoms with van der Waals surface area (Å²) >= 11 is 0. The molecule has 37 heavy (non-hydrogen) atoms. The van der Waals surface area contributed by atoms with E-state index in [0.717, 1.165) is 6.42 Å². The quantitative estimate of drug-likeness (QED) is 0.0467. The van der Waals surface area contributed by atoms with E-state index < -0.39 is 47.9 Å². The molecule has 3 amide bonds. The van der Waals surface area contributed by atoms with Gasteiger partial charge in [-0.25, -0.2) is 4.79 Å². The highest BCUT2D eigenvalue weighted by molar-refractivity contribution is 5.94. The predicted octanol–water partition coefficient (Wildman–Crippen LogP) is -2.18. The Kier molecular flexibility index (Phi) is 17.6. The van der Waals surface area contributed by atoms with Crippen molar-refractivity contribution in [2.24, 2.45) is 39.6 Å². The fourth-order valence-electron chi connectivity index (χ4n) is 3.49. The molecule has 0 aromatic carbocycles. The Morgan fingerprint density at radius 1 is 0.757 bits per heavy atom. The molecule has 0 aliphatic carbocycles. The second kappa shape index (κ2) is 19.2. The Morgan fingerprint density at radius 3 is 1.81 bits per heavy atom. The minimum Gasteiger partial charge on any atom is -0.480 e. The number of carbonyl (C=O) groups is 4. The number of unbranched alkanes of at least 4 members (excludes halogenated alkanes) is 2. The smallest absolute Gasteiger partial charge is 0.326 e. The lowest BCUT2D eigenvalue weighted by atomic mass is 10.0. The van der Waals surface area contributed by atoms with Gasteiger partial charge in [-0.1, -0.05) is 20.3 Å². The highest BCUT2D eigenvalue weighted by Crippen LogP contribution is 2.08. The van der Waals surface area contributed by atoms with Crippen LogP contribution in [0, 0.1) is 5.92 Å². The van der Waals surface area contributed by atoms with Gasteiger partial charge in [-0.15, -0.1) is 0 Å². The minimum absolute atomic E-state index is 0.0937. The van der Waals surface area contributed by atoms with Gasteiger partial charge in [0.2, 0.25) is 17.7 Å². The number of carboxylic acids is 1. The summed E-state index contributed by atoms with van der Waals surface area (Å²) in [5, 5.41) is 17.3. The fraction of sp³-hybridized carbons (Fsp3) is 0.783. The van der Waals surface area contributed by atoms with Crippen LogP contribution in [-0.4, -0.2) is 78.6 Å². The van der Waals surface area contributed by atoms with Gasteiger partial charge < -0.3 is 49.7 Å². The van der Waals surface area contributed by atoms with E-state index in [1.807, 2.05) is 0 Å². The number of carbonyl (C=O) groups excluding carboxylic acids is 3. The number of guanidine groups is 1. The van der Waals surface area contributed by atoms with Gasteiger partial charge in [0.1, 0.15) is 18.1 Å². The predicted molar refractivity (Wildman–Crippen MR) is 142 cm³/mol. The number of nitrogens with zero attached hydrogens (tertiary/aromatic N) is 1. The highest BCUT2D eigenvalue weighted by atomic mass is 16.4. The first kappa shape index (κ1) is 34.0. The molecule has 0 fully saturated rings. The zero-order valence-corrected chi connectivity index (χ0v) is 22.1. The average Bonchev–Trinajstić information content (AvgIpc) is 2.82. The number of hydrogen-bond donors (Lipinski definition) is 9. The van der Waals surface area contributed by atoms with Crippen LogP contribution in [0.4, 0.5) is 0 Å². The molecule has 0 rings (SSSR count). The summed E-state index contributed by atoms with van der Waals surface area (Å²) in [5.41, 5.74) is 27.5. The normalized spacial score (nSPS) is 14.2. The van der Waals surface area contributed by atoms with Crippen LogP contribution in [-0.2, 0) is 19.2 Å². The van der Waals surface area contributed by atoms with Crippen LogP contribution >= 0.6 is 0 Å². The van der Waals surface area contributed by atoms with Gasteiger partial charge in [0.25, 0.3) is 0 Å². The van der Waals surface area contributed by atoms with Gasteiger partial charge in [-0.05, 0) is 64.0 Å². The molecule has 14 heteroatoms. The molecule has 0 aliphatic rings. The Labute approximate surface area is 218 Å². The van der Waals surface area contributed by atoms with E-state index in [-0.39, 0.29) is 24.8 Å². The van der Waals surface area contributed by atoms with Gasteiger partial charge in [0, 0.05) is 6.54 Å². The molecule has 0 spiro atoms. The first-order valence-electron chi connectivity index (χ1n) is 12.8. The van der Waals surface area contributed by atoms with Crippen LogP contribution in [0.1, 0.15) is 65.2 Å². The first-order chi connectivity index (χ1) is 17.4. The van der Waals surface area contributed by atoms with Crippen molar-refractivity contribution in [2.75, 3.05) is 19.6 Å². The second-order valence-corrected chi connectivity index (χ2v) is 9.32. The molecule has 14 N–H and O–H groups in total. The molecule has 0 aromatic rings. The fourth-order valence-corrected chi connectivity index (χ4v) is 3.49. The van der Waals surface area contributed by atoms with Gasteiger partial charge in [-0.3, -0.25) is 19.4 Å². The van der Waals surface area contributed by atoms with Gasteiger partial charge in [0.15, 0.2) is 5.96 Å². The van der Waals surface area contributed by atoms with Crippen LogP contribution in [0.25, 0.3) is 0 Å². The zero-order chi connectivity index (χ0) is 28.4. The molecular formula is C23H47N9O5. The number of aliphatic imine (C=N–C) groups is 1. The van der Waals surface area contributed by atoms with Crippen LogP contribution in [0.3, 0.4) is 0 Å². The third kappa shape index (κ3) is 15.0. The number of amides is 3. The number of aliphatic carboxylic acids is 1. The lowest BCUT2D eigenvalue weighted by molar-refractivity contribution is -0.142. The number of nitrogens with two attached hydrogens (primary N) is 5. The standard InChI is InChI=1S/C23H47N9O5/c1-14(2)18(21(35)31-17(22(36)37)10-7-13-29-23(27)28)32-20(34)16(9-4-6-12-25)30-19(33)15(26)8-3-5-11-24/h14-18H,3-13,24-26H2,1-2H3,(H,30,33)(H,31,35)(H,32,34)(H,36,37)(H4,27,28,29). The summed E-state index contributed by atoms with van der Waals surface area (Å²) in [6, 6.07) is -3.94. The summed E-state index contributed by atoms with van der Waals surface area (Å²) in [7, 11) is 0. The summed E-state index contributed by atoms with van der Waals surface area (Å²) in [4.78, 5) is 54.1. The van der Waals surface area contributed by atoms with E-state index in [2.05, 4.69) is 20.9 Å². The van der Waals surface area contributed by atoms with E-state index in [1.54, 1.807) is 13.8 Å². The second-order valence-electron chi connectivity index (χ2n) is 9.32. The van der Waals surface area contributed by atoms with E-state index in [9.17, 15) is 24.3 Å².